The Balaban J connectivity index is 1.92. The Morgan fingerprint density at radius 3 is 2.81 bits per heavy atom. The first kappa shape index (κ1) is 13.4. The van der Waals surface area contributed by atoms with Gasteiger partial charge in [0.05, 0.1) is 12.2 Å². The molecule has 2 aromatic rings. The molecule has 0 unspecified atom stereocenters. The maximum absolute atomic E-state index is 12.3. The highest BCUT2D eigenvalue weighted by molar-refractivity contribution is 6.14. The molecule has 3 nitrogen and oxygen atoms in total. The number of hydrogen-bond acceptors (Lipinski definition) is 3. The number of ether oxygens (including phenoxy) is 2. The van der Waals surface area contributed by atoms with Crippen molar-refractivity contribution in [2.75, 3.05) is 6.61 Å². The monoisotopic (exact) mass is 280 g/mol. The molecule has 0 saturated carbocycles. The molecule has 3 heteroatoms. The van der Waals surface area contributed by atoms with Crippen molar-refractivity contribution in [2.24, 2.45) is 0 Å². The average molecular weight is 280 g/mol. The lowest BCUT2D eigenvalue weighted by Crippen LogP contribution is -1.98. The van der Waals surface area contributed by atoms with Gasteiger partial charge in [-0.3, -0.25) is 4.79 Å². The van der Waals surface area contributed by atoms with Crippen molar-refractivity contribution >= 4 is 11.9 Å². The maximum Gasteiger partial charge on any atom is 0.231 e. The van der Waals surface area contributed by atoms with Crippen LogP contribution >= 0.6 is 0 Å². The van der Waals surface area contributed by atoms with Crippen LogP contribution in [-0.4, -0.2) is 12.4 Å². The second kappa shape index (κ2) is 5.44. The predicted octanol–water partition coefficient (Wildman–Crippen LogP) is 4.01. The molecule has 0 spiro atoms. The molecule has 0 radical (unpaired) electrons. The zero-order valence-corrected chi connectivity index (χ0v) is 12.1. The fraction of sp³-hybridized carbons (Fsp3) is 0.167. The van der Waals surface area contributed by atoms with Crippen LogP contribution in [0.5, 0.6) is 11.5 Å². The summed E-state index contributed by atoms with van der Waals surface area (Å²) in [6.45, 7) is 4.52. The van der Waals surface area contributed by atoms with Gasteiger partial charge in [-0.05, 0) is 37.6 Å². The van der Waals surface area contributed by atoms with Crippen LogP contribution in [0.4, 0.5) is 0 Å². The molecular weight excluding hydrogens is 264 g/mol. The molecule has 1 aliphatic heterocycles. The summed E-state index contributed by atoms with van der Waals surface area (Å²) in [5.74, 6) is 1.53. The van der Waals surface area contributed by atoms with E-state index in [1.54, 1.807) is 24.3 Å². The molecule has 21 heavy (non-hydrogen) atoms. The van der Waals surface area contributed by atoms with E-state index in [9.17, 15) is 4.79 Å². The van der Waals surface area contributed by atoms with Gasteiger partial charge < -0.3 is 9.47 Å². The molecule has 3 rings (SSSR count). The van der Waals surface area contributed by atoms with Crippen LogP contribution in [0.2, 0.25) is 0 Å². The summed E-state index contributed by atoms with van der Waals surface area (Å²) in [5, 5.41) is 0. The molecule has 0 aliphatic carbocycles. The lowest BCUT2D eigenvalue weighted by molar-refractivity contribution is 0.101. The van der Waals surface area contributed by atoms with Gasteiger partial charge in [0, 0.05) is 6.07 Å². The number of ketones is 1. The van der Waals surface area contributed by atoms with Gasteiger partial charge in [0.15, 0.2) is 5.76 Å². The highest BCUT2D eigenvalue weighted by Crippen LogP contribution is 2.34. The van der Waals surface area contributed by atoms with Crippen molar-refractivity contribution in [3.63, 3.8) is 0 Å². The third-order valence-corrected chi connectivity index (χ3v) is 3.29. The molecule has 106 valence electrons. The number of rotatable bonds is 3. The van der Waals surface area contributed by atoms with E-state index < -0.39 is 0 Å². The highest BCUT2D eigenvalue weighted by Gasteiger charge is 2.27. The van der Waals surface area contributed by atoms with E-state index in [0.717, 1.165) is 11.1 Å². The third kappa shape index (κ3) is 2.68. The van der Waals surface area contributed by atoms with E-state index in [1.165, 1.54) is 0 Å². The van der Waals surface area contributed by atoms with Crippen LogP contribution in [0.3, 0.4) is 0 Å². The van der Waals surface area contributed by atoms with Gasteiger partial charge in [0.1, 0.15) is 11.5 Å². The summed E-state index contributed by atoms with van der Waals surface area (Å²) in [7, 11) is 0. The standard InChI is InChI=1S/C18H16O3/c1-3-20-14-7-8-15-16(11-14)21-17(18(15)19)10-13-6-4-5-12(2)9-13/h4-11H,3H2,1-2H3. The summed E-state index contributed by atoms with van der Waals surface area (Å²) >= 11 is 0. The summed E-state index contributed by atoms with van der Waals surface area (Å²) in [4.78, 5) is 12.3. The van der Waals surface area contributed by atoms with Gasteiger partial charge >= 0.3 is 0 Å². The second-order valence-corrected chi connectivity index (χ2v) is 4.94. The van der Waals surface area contributed by atoms with E-state index >= 15 is 0 Å². The number of Topliss-reactive ketones (excluding diaryl/α,β-unsaturated/α-hetero) is 1. The Kier molecular flexibility index (Phi) is 3.48. The van der Waals surface area contributed by atoms with E-state index in [-0.39, 0.29) is 5.78 Å². The molecule has 0 bridgehead atoms. The number of hydrogen-bond donors (Lipinski definition) is 0. The lowest BCUT2D eigenvalue weighted by Gasteiger charge is -2.03. The zero-order valence-electron chi connectivity index (χ0n) is 12.1. The normalized spacial score (nSPS) is 15.0. The van der Waals surface area contributed by atoms with Gasteiger partial charge in [-0.1, -0.05) is 29.8 Å². The Labute approximate surface area is 123 Å². The second-order valence-electron chi connectivity index (χ2n) is 4.94. The molecule has 2 aromatic carbocycles. The van der Waals surface area contributed by atoms with E-state index in [4.69, 9.17) is 9.47 Å². The Hall–Kier alpha value is -2.55. The molecule has 0 amide bonds. The molecule has 0 atom stereocenters. The van der Waals surface area contributed by atoms with E-state index in [1.807, 2.05) is 38.1 Å². The number of carbonyl (C=O) groups excluding carboxylic acids is 1. The van der Waals surface area contributed by atoms with Crippen LogP contribution in [0, 0.1) is 6.92 Å². The molecule has 0 aromatic heterocycles. The van der Waals surface area contributed by atoms with Crippen LogP contribution in [-0.2, 0) is 0 Å². The van der Waals surface area contributed by atoms with Crippen molar-refractivity contribution in [1.82, 2.24) is 0 Å². The predicted molar refractivity (Wildman–Crippen MR) is 81.7 cm³/mol. The topological polar surface area (TPSA) is 35.5 Å². The van der Waals surface area contributed by atoms with Crippen molar-refractivity contribution in [2.45, 2.75) is 13.8 Å². The van der Waals surface area contributed by atoms with E-state index in [0.29, 0.717) is 29.4 Å². The van der Waals surface area contributed by atoms with Crippen LogP contribution in [0.25, 0.3) is 6.08 Å². The maximum atomic E-state index is 12.3. The zero-order chi connectivity index (χ0) is 14.8. The minimum absolute atomic E-state index is 0.0884. The Bertz CT molecular complexity index is 729. The van der Waals surface area contributed by atoms with Crippen LogP contribution < -0.4 is 9.47 Å². The molecule has 0 N–H and O–H groups in total. The molecule has 0 fully saturated rings. The quantitative estimate of drug-likeness (QED) is 0.797. The first-order chi connectivity index (χ1) is 10.2. The average Bonchev–Trinajstić information content (AvgIpc) is 2.75. The van der Waals surface area contributed by atoms with E-state index in [2.05, 4.69) is 0 Å². The summed E-state index contributed by atoms with van der Waals surface area (Å²) in [6.07, 6.45) is 1.77. The third-order valence-electron chi connectivity index (χ3n) is 3.29. The van der Waals surface area contributed by atoms with Crippen molar-refractivity contribution in [3.8, 4) is 11.5 Å². The van der Waals surface area contributed by atoms with Gasteiger partial charge in [-0.15, -0.1) is 0 Å². The largest absolute Gasteiger partial charge is 0.494 e. The van der Waals surface area contributed by atoms with Gasteiger partial charge in [-0.25, -0.2) is 0 Å². The van der Waals surface area contributed by atoms with Crippen LogP contribution in [0.15, 0.2) is 48.2 Å². The molecule has 1 heterocycles. The fourth-order valence-electron chi connectivity index (χ4n) is 2.33. The molecular formula is C18H16O3. The summed E-state index contributed by atoms with van der Waals surface area (Å²) in [5.41, 5.74) is 2.68. The summed E-state index contributed by atoms with van der Waals surface area (Å²) < 4.78 is 11.1. The Morgan fingerprint density at radius 2 is 2.05 bits per heavy atom. The molecule has 0 saturated heterocycles. The smallest absolute Gasteiger partial charge is 0.231 e. The SMILES string of the molecule is CCOc1ccc2c(c1)OC(=Cc1cccc(C)c1)C2=O. The first-order valence-corrected chi connectivity index (χ1v) is 6.95. The van der Waals surface area contributed by atoms with Crippen molar-refractivity contribution in [1.29, 1.82) is 0 Å². The van der Waals surface area contributed by atoms with Crippen LogP contribution in [0.1, 0.15) is 28.4 Å². The Morgan fingerprint density at radius 1 is 1.19 bits per heavy atom. The van der Waals surface area contributed by atoms with Gasteiger partial charge in [-0.2, -0.15) is 0 Å². The lowest BCUT2D eigenvalue weighted by atomic mass is 10.1. The van der Waals surface area contributed by atoms with Crippen molar-refractivity contribution < 1.29 is 14.3 Å². The number of aryl methyl sites for hydroxylation is 1. The number of benzene rings is 2. The molecule has 1 aliphatic rings. The summed E-state index contributed by atoms with van der Waals surface area (Å²) in [6, 6.07) is 13.2. The number of carbonyl (C=O) groups is 1. The van der Waals surface area contributed by atoms with Crippen molar-refractivity contribution in [3.05, 3.63) is 64.9 Å². The first-order valence-electron chi connectivity index (χ1n) is 6.95. The number of allylic oxidation sites excluding steroid dienone is 1. The highest BCUT2D eigenvalue weighted by atomic mass is 16.5. The minimum atomic E-state index is -0.0884. The number of fused-ring (bicyclic) bond motifs is 1. The fourth-order valence-corrected chi connectivity index (χ4v) is 2.33. The van der Waals surface area contributed by atoms with Gasteiger partial charge in [0.2, 0.25) is 5.78 Å². The minimum Gasteiger partial charge on any atom is -0.494 e. The van der Waals surface area contributed by atoms with Gasteiger partial charge in [0.25, 0.3) is 0 Å².